The van der Waals surface area contributed by atoms with E-state index in [0.29, 0.717) is 24.6 Å². The molecule has 0 spiro atoms. The predicted molar refractivity (Wildman–Crippen MR) is 58.6 cm³/mol. The summed E-state index contributed by atoms with van der Waals surface area (Å²) >= 11 is 0. The van der Waals surface area contributed by atoms with Crippen LogP contribution < -0.4 is 5.56 Å². The van der Waals surface area contributed by atoms with E-state index in [1.165, 1.54) is 12.1 Å². The van der Waals surface area contributed by atoms with Gasteiger partial charge in [-0.1, -0.05) is 0 Å². The van der Waals surface area contributed by atoms with Crippen molar-refractivity contribution in [3.05, 3.63) is 28.2 Å². The van der Waals surface area contributed by atoms with Crippen LogP contribution >= 0.6 is 0 Å². The van der Waals surface area contributed by atoms with Gasteiger partial charge in [0.2, 0.25) is 0 Å². The molecule has 0 bridgehead atoms. The van der Waals surface area contributed by atoms with Crippen LogP contribution in [-0.2, 0) is 10.8 Å². The molecule has 0 unspecified atom stereocenters. The van der Waals surface area contributed by atoms with E-state index >= 15 is 0 Å². The summed E-state index contributed by atoms with van der Waals surface area (Å²) in [5.74, 6) is 0.789. The van der Waals surface area contributed by atoms with Crippen LogP contribution in [0.3, 0.4) is 0 Å². The molecule has 2 rings (SSSR count). The molecule has 0 saturated carbocycles. The van der Waals surface area contributed by atoms with E-state index in [-0.39, 0.29) is 17.2 Å². The molecule has 6 nitrogen and oxygen atoms in total. The molecular formula is C9H11N3O3S. The summed E-state index contributed by atoms with van der Waals surface area (Å²) in [6.45, 7) is 0.957. The van der Waals surface area contributed by atoms with Crippen molar-refractivity contribution in [2.75, 3.05) is 24.6 Å². The molecule has 1 saturated heterocycles. The minimum absolute atomic E-state index is 0.215. The summed E-state index contributed by atoms with van der Waals surface area (Å²) in [5, 5.41) is 5.88. The molecule has 0 aromatic carbocycles. The van der Waals surface area contributed by atoms with Gasteiger partial charge in [0.1, 0.15) is 5.69 Å². The van der Waals surface area contributed by atoms with E-state index < -0.39 is 10.8 Å². The third-order valence-corrected chi connectivity index (χ3v) is 3.64. The molecule has 86 valence electrons. The van der Waals surface area contributed by atoms with E-state index in [2.05, 4.69) is 10.2 Å². The van der Waals surface area contributed by atoms with Gasteiger partial charge in [-0.05, 0) is 6.07 Å². The number of hydrogen-bond donors (Lipinski definition) is 1. The van der Waals surface area contributed by atoms with E-state index in [1.807, 2.05) is 0 Å². The van der Waals surface area contributed by atoms with Crippen molar-refractivity contribution in [3.8, 4) is 0 Å². The van der Waals surface area contributed by atoms with Gasteiger partial charge in [-0.15, -0.1) is 0 Å². The predicted octanol–water partition coefficient (Wildman–Crippen LogP) is -1.03. The Morgan fingerprint density at radius 2 is 2.06 bits per heavy atom. The molecule has 1 aromatic rings. The van der Waals surface area contributed by atoms with E-state index in [0.717, 1.165) is 0 Å². The van der Waals surface area contributed by atoms with Gasteiger partial charge < -0.3 is 4.90 Å². The van der Waals surface area contributed by atoms with Crippen LogP contribution in [0.4, 0.5) is 0 Å². The lowest BCUT2D eigenvalue weighted by atomic mass is 10.3. The number of carbonyl (C=O) groups is 1. The molecule has 1 aliphatic heterocycles. The van der Waals surface area contributed by atoms with Crippen LogP contribution in [0.2, 0.25) is 0 Å². The smallest absolute Gasteiger partial charge is 0.274 e. The van der Waals surface area contributed by atoms with Gasteiger partial charge in [0.15, 0.2) is 0 Å². The van der Waals surface area contributed by atoms with Crippen LogP contribution in [-0.4, -0.2) is 49.8 Å². The maximum atomic E-state index is 11.9. The summed E-state index contributed by atoms with van der Waals surface area (Å²) in [6.07, 6.45) is 0. The highest BCUT2D eigenvalue weighted by Crippen LogP contribution is 2.04. The highest BCUT2D eigenvalue weighted by molar-refractivity contribution is 7.85. The molecule has 16 heavy (non-hydrogen) atoms. The second-order valence-corrected chi connectivity index (χ2v) is 5.14. The molecular weight excluding hydrogens is 230 g/mol. The van der Waals surface area contributed by atoms with Crippen LogP contribution in [0.5, 0.6) is 0 Å². The summed E-state index contributed by atoms with van der Waals surface area (Å²) in [7, 11) is -0.810. The number of nitrogens with zero attached hydrogens (tertiary/aromatic N) is 2. The number of carbonyl (C=O) groups excluding carboxylic acids is 1. The summed E-state index contributed by atoms with van der Waals surface area (Å²) in [6, 6.07) is 2.66. The molecule has 1 fully saturated rings. The van der Waals surface area contributed by atoms with Crippen LogP contribution in [0.15, 0.2) is 16.9 Å². The highest BCUT2D eigenvalue weighted by Gasteiger charge is 2.21. The lowest BCUT2D eigenvalue weighted by Gasteiger charge is -2.25. The van der Waals surface area contributed by atoms with Crippen LogP contribution in [0.1, 0.15) is 10.5 Å². The summed E-state index contributed by atoms with van der Waals surface area (Å²) in [4.78, 5) is 24.2. The van der Waals surface area contributed by atoms with Crippen molar-refractivity contribution >= 4 is 16.7 Å². The van der Waals surface area contributed by atoms with Gasteiger partial charge in [-0.3, -0.25) is 13.8 Å². The van der Waals surface area contributed by atoms with E-state index in [9.17, 15) is 13.8 Å². The minimum atomic E-state index is -0.810. The lowest BCUT2D eigenvalue weighted by molar-refractivity contribution is 0.0764. The first-order valence-electron chi connectivity index (χ1n) is 4.87. The Bertz CT molecular complexity index is 455. The van der Waals surface area contributed by atoms with Gasteiger partial charge in [0.05, 0.1) is 0 Å². The molecule has 2 heterocycles. The Labute approximate surface area is 94.1 Å². The Balaban J connectivity index is 2.10. The molecule has 0 aliphatic carbocycles. The highest BCUT2D eigenvalue weighted by atomic mass is 32.2. The summed E-state index contributed by atoms with van der Waals surface area (Å²) < 4.78 is 11.1. The first kappa shape index (κ1) is 11.0. The first-order valence-corrected chi connectivity index (χ1v) is 6.35. The van der Waals surface area contributed by atoms with Crippen molar-refractivity contribution in [2.45, 2.75) is 0 Å². The van der Waals surface area contributed by atoms with Gasteiger partial charge >= 0.3 is 0 Å². The van der Waals surface area contributed by atoms with Gasteiger partial charge in [-0.25, -0.2) is 5.10 Å². The molecule has 1 aliphatic rings. The fraction of sp³-hybridized carbons (Fsp3) is 0.444. The zero-order valence-electron chi connectivity index (χ0n) is 8.51. The molecule has 1 aromatic heterocycles. The third-order valence-electron chi connectivity index (χ3n) is 2.36. The van der Waals surface area contributed by atoms with Gasteiger partial charge in [0, 0.05) is 41.5 Å². The largest absolute Gasteiger partial charge is 0.335 e. The SMILES string of the molecule is O=C(c1ccc(=O)[nH]n1)N1CCS(=O)CC1. The average Bonchev–Trinajstić information content (AvgIpc) is 2.30. The van der Waals surface area contributed by atoms with Gasteiger partial charge in [0.25, 0.3) is 11.5 Å². The number of hydrogen-bond acceptors (Lipinski definition) is 4. The van der Waals surface area contributed by atoms with Crippen molar-refractivity contribution in [1.82, 2.24) is 15.1 Å². The fourth-order valence-electron chi connectivity index (χ4n) is 1.47. The molecule has 1 N–H and O–H groups in total. The lowest BCUT2D eigenvalue weighted by Crippen LogP contribution is -2.42. The van der Waals surface area contributed by atoms with Crippen molar-refractivity contribution < 1.29 is 9.00 Å². The van der Waals surface area contributed by atoms with Crippen LogP contribution in [0, 0.1) is 0 Å². The zero-order valence-corrected chi connectivity index (χ0v) is 9.33. The quantitative estimate of drug-likeness (QED) is 0.681. The van der Waals surface area contributed by atoms with Crippen molar-refractivity contribution in [3.63, 3.8) is 0 Å². The van der Waals surface area contributed by atoms with Gasteiger partial charge in [-0.2, -0.15) is 5.10 Å². The van der Waals surface area contributed by atoms with Crippen molar-refractivity contribution in [2.24, 2.45) is 0 Å². The molecule has 1 amide bonds. The second kappa shape index (κ2) is 4.56. The van der Waals surface area contributed by atoms with Crippen LogP contribution in [0.25, 0.3) is 0 Å². The second-order valence-electron chi connectivity index (χ2n) is 3.45. The average molecular weight is 241 g/mol. The Morgan fingerprint density at radius 1 is 1.38 bits per heavy atom. The monoisotopic (exact) mass is 241 g/mol. The molecule has 0 radical (unpaired) electrons. The van der Waals surface area contributed by atoms with E-state index in [4.69, 9.17) is 0 Å². The number of nitrogens with one attached hydrogen (secondary N) is 1. The maximum absolute atomic E-state index is 11.9. The Kier molecular flexibility index (Phi) is 3.14. The van der Waals surface area contributed by atoms with Crippen molar-refractivity contribution in [1.29, 1.82) is 0 Å². The fourth-order valence-corrected chi connectivity index (χ4v) is 2.52. The number of rotatable bonds is 1. The normalized spacial score (nSPS) is 17.4. The summed E-state index contributed by atoms with van der Waals surface area (Å²) in [5.41, 5.74) is -0.122. The Hall–Kier alpha value is -1.50. The molecule has 0 atom stereocenters. The Morgan fingerprint density at radius 3 is 2.62 bits per heavy atom. The minimum Gasteiger partial charge on any atom is -0.335 e. The van der Waals surface area contributed by atoms with E-state index in [1.54, 1.807) is 4.90 Å². The standard InChI is InChI=1S/C9H11N3O3S/c13-8-2-1-7(10-11-8)9(14)12-3-5-16(15)6-4-12/h1-2H,3-6H2,(H,11,13). The maximum Gasteiger partial charge on any atom is 0.274 e. The number of H-pyrrole nitrogens is 1. The zero-order chi connectivity index (χ0) is 11.5. The number of aromatic amines is 1. The molecule has 7 heteroatoms. The number of amides is 1. The third kappa shape index (κ3) is 2.35. The first-order chi connectivity index (χ1) is 7.66. The topological polar surface area (TPSA) is 83.1 Å². The number of aromatic nitrogens is 2.